The number of hydrogen-bond acceptors (Lipinski definition) is 3. The topological polar surface area (TPSA) is 71.1 Å². The Morgan fingerprint density at radius 2 is 2.18 bits per heavy atom. The summed E-state index contributed by atoms with van der Waals surface area (Å²) in [7, 11) is 0. The quantitative estimate of drug-likeness (QED) is 0.817. The van der Waals surface area contributed by atoms with Crippen molar-refractivity contribution in [2.75, 3.05) is 5.32 Å². The summed E-state index contributed by atoms with van der Waals surface area (Å²) in [6.45, 7) is 1.92. The third kappa shape index (κ3) is 3.55. The van der Waals surface area contributed by atoms with E-state index in [1.54, 1.807) is 12.3 Å². The van der Waals surface area contributed by atoms with Gasteiger partial charge in [0.25, 0.3) is 0 Å². The summed E-state index contributed by atoms with van der Waals surface area (Å²) in [5, 5.41) is 5.44. The first-order valence-electron chi connectivity index (χ1n) is 5.65. The Morgan fingerprint density at radius 1 is 1.41 bits per heavy atom. The largest absolute Gasteiger partial charge is 0.352 e. The van der Waals surface area contributed by atoms with Crippen LogP contribution in [0.1, 0.15) is 25.3 Å². The monoisotopic (exact) mass is 233 g/mol. The number of nitrogens with one attached hydrogen (secondary N) is 2. The Morgan fingerprint density at radius 3 is 2.71 bits per heavy atom. The number of nitrogens with zero attached hydrogens (tertiary/aromatic N) is 1. The van der Waals surface area contributed by atoms with Crippen LogP contribution in [0.5, 0.6) is 0 Å². The predicted molar refractivity (Wildman–Crippen MR) is 63.1 cm³/mol. The van der Waals surface area contributed by atoms with Gasteiger partial charge in [0, 0.05) is 25.6 Å². The van der Waals surface area contributed by atoms with Gasteiger partial charge in [-0.15, -0.1) is 0 Å². The van der Waals surface area contributed by atoms with Gasteiger partial charge in [-0.1, -0.05) is 6.07 Å². The first kappa shape index (κ1) is 11.6. The second kappa shape index (κ2) is 4.95. The normalized spacial score (nSPS) is 14.2. The van der Waals surface area contributed by atoms with Gasteiger partial charge in [-0.2, -0.15) is 0 Å². The van der Waals surface area contributed by atoms with Crippen LogP contribution in [0.2, 0.25) is 0 Å². The molecule has 0 bridgehead atoms. The van der Waals surface area contributed by atoms with E-state index >= 15 is 0 Å². The SMILES string of the molecule is CC(=O)Nc1ccc(CNC(=O)C2CC2)cn1. The van der Waals surface area contributed by atoms with E-state index in [9.17, 15) is 9.59 Å². The van der Waals surface area contributed by atoms with Crippen molar-refractivity contribution in [3.8, 4) is 0 Å². The van der Waals surface area contributed by atoms with Crippen molar-refractivity contribution in [2.24, 2.45) is 5.92 Å². The molecule has 1 aliphatic carbocycles. The predicted octanol–water partition coefficient (Wildman–Crippen LogP) is 1.07. The van der Waals surface area contributed by atoms with E-state index < -0.39 is 0 Å². The lowest BCUT2D eigenvalue weighted by Crippen LogP contribution is -2.24. The van der Waals surface area contributed by atoms with Gasteiger partial charge in [-0.25, -0.2) is 4.98 Å². The average molecular weight is 233 g/mol. The number of hydrogen-bond donors (Lipinski definition) is 2. The van der Waals surface area contributed by atoms with Crippen LogP contribution in [0.25, 0.3) is 0 Å². The molecule has 5 nitrogen and oxygen atoms in total. The summed E-state index contributed by atoms with van der Waals surface area (Å²) in [6.07, 6.45) is 3.66. The van der Waals surface area contributed by atoms with E-state index in [1.807, 2.05) is 6.07 Å². The molecule has 1 aliphatic rings. The highest BCUT2D eigenvalue weighted by atomic mass is 16.2. The Bertz CT molecular complexity index is 424. The molecule has 0 saturated heterocycles. The van der Waals surface area contributed by atoms with Crippen molar-refractivity contribution in [1.29, 1.82) is 0 Å². The molecule has 1 heterocycles. The Labute approximate surface area is 99.6 Å². The number of amides is 2. The maximum Gasteiger partial charge on any atom is 0.223 e. The summed E-state index contributed by atoms with van der Waals surface area (Å²) >= 11 is 0. The molecule has 0 atom stereocenters. The van der Waals surface area contributed by atoms with E-state index in [4.69, 9.17) is 0 Å². The van der Waals surface area contributed by atoms with Crippen LogP contribution < -0.4 is 10.6 Å². The van der Waals surface area contributed by atoms with Crippen LogP contribution in [0, 0.1) is 5.92 Å². The number of pyridine rings is 1. The summed E-state index contributed by atoms with van der Waals surface area (Å²) in [5.74, 6) is 0.722. The molecule has 2 amide bonds. The standard InChI is InChI=1S/C12H15N3O2/c1-8(16)15-11-5-2-9(6-13-11)7-14-12(17)10-3-4-10/h2,5-6,10H,3-4,7H2,1H3,(H,14,17)(H,13,15,16). The lowest BCUT2D eigenvalue weighted by molar-refractivity contribution is -0.122. The summed E-state index contributed by atoms with van der Waals surface area (Å²) in [6, 6.07) is 3.56. The van der Waals surface area contributed by atoms with Gasteiger partial charge in [0.1, 0.15) is 5.82 Å². The van der Waals surface area contributed by atoms with E-state index in [-0.39, 0.29) is 17.7 Å². The number of carbonyl (C=O) groups is 2. The Hall–Kier alpha value is -1.91. The van der Waals surface area contributed by atoms with Gasteiger partial charge in [0.2, 0.25) is 11.8 Å². The van der Waals surface area contributed by atoms with Crippen LogP contribution in [0.15, 0.2) is 18.3 Å². The van der Waals surface area contributed by atoms with Gasteiger partial charge in [0.05, 0.1) is 0 Å². The zero-order chi connectivity index (χ0) is 12.3. The maximum absolute atomic E-state index is 11.4. The van der Waals surface area contributed by atoms with Crippen LogP contribution in [-0.4, -0.2) is 16.8 Å². The van der Waals surface area contributed by atoms with Gasteiger partial charge < -0.3 is 10.6 Å². The first-order chi connectivity index (χ1) is 8.15. The smallest absolute Gasteiger partial charge is 0.223 e. The second-order valence-electron chi connectivity index (χ2n) is 4.22. The lowest BCUT2D eigenvalue weighted by atomic mass is 10.2. The first-order valence-corrected chi connectivity index (χ1v) is 5.65. The molecule has 90 valence electrons. The number of anilines is 1. The van der Waals surface area contributed by atoms with Crippen LogP contribution >= 0.6 is 0 Å². The number of rotatable bonds is 4. The fourth-order valence-corrected chi connectivity index (χ4v) is 1.46. The molecule has 0 unspecified atom stereocenters. The summed E-state index contributed by atoms with van der Waals surface area (Å²) in [5.41, 5.74) is 0.924. The number of aromatic nitrogens is 1. The fourth-order valence-electron chi connectivity index (χ4n) is 1.46. The lowest BCUT2D eigenvalue weighted by Gasteiger charge is -2.05. The molecule has 0 aliphatic heterocycles. The van der Waals surface area contributed by atoms with Gasteiger partial charge in [0.15, 0.2) is 0 Å². The van der Waals surface area contributed by atoms with Crippen molar-refractivity contribution in [3.05, 3.63) is 23.9 Å². The number of carbonyl (C=O) groups excluding carboxylic acids is 2. The Kier molecular flexibility index (Phi) is 3.37. The van der Waals surface area contributed by atoms with E-state index in [0.717, 1.165) is 18.4 Å². The third-order valence-corrected chi connectivity index (χ3v) is 2.54. The molecule has 1 saturated carbocycles. The highest BCUT2D eigenvalue weighted by Gasteiger charge is 2.29. The van der Waals surface area contributed by atoms with Crippen molar-refractivity contribution in [1.82, 2.24) is 10.3 Å². The average Bonchev–Trinajstić information content (AvgIpc) is 3.11. The molecule has 2 rings (SSSR count). The second-order valence-corrected chi connectivity index (χ2v) is 4.22. The highest BCUT2D eigenvalue weighted by molar-refractivity contribution is 5.87. The summed E-state index contributed by atoms with van der Waals surface area (Å²) < 4.78 is 0. The molecule has 0 radical (unpaired) electrons. The van der Waals surface area contributed by atoms with E-state index in [1.165, 1.54) is 6.92 Å². The molecule has 5 heteroatoms. The molecule has 2 N–H and O–H groups in total. The Balaban J connectivity index is 1.84. The molecule has 1 fully saturated rings. The molecule has 1 aromatic rings. The van der Waals surface area contributed by atoms with Gasteiger partial charge >= 0.3 is 0 Å². The maximum atomic E-state index is 11.4. The van der Waals surface area contributed by atoms with Gasteiger partial charge in [-0.3, -0.25) is 9.59 Å². The minimum absolute atomic E-state index is 0.121. The zero-order valence-electron chi connectivity index (χ0n) is 9.69. The van der Waals surface area contributed by atoms with Crippen molar-refractivity contribution < 1.29 is 9.59 Å². The minimum Gasteiger partial charge on any atom is -0.352 e. The molecular formula is C12H15N3O2. The van der Waals surface area contributed by atoms with E-state index in [0.29, 0.717) is 12.4 Å². The van der Waals surface area contributed by atoms with E-state index in [2.05, 4.69) is 15.6 Å². The van der Waals surface area contributed by atoms with Crippen molar-refractivity contribution in [3.63, 3.8) is 0 Å². The molecular weight excluding hydrogens is 218 g/mol. The van der Waals surface area contributed by atoms with Crippen molar-refractivity contribution >= 4 is 17.6 Å². The molecule has 17 heavy (non-hydrogen) atoms. The van der Waals surface area contributed by atoms with Crippen LogP contribution in [-0.2, 0) is 16.1 Å². The fraction of sp³-hybridized carbons (Fsp3) is 0.417. The van der Waals surface area contributed by atoms with Crippen LogP contribution in [0.3, 0.4) is 0 Å². The third-order valence-electron chi connectivity index (χ3n) is 2.54. The summed E-state index contributed by atoms with van der Waals surface area (Å²) in [4.78, 5) is 26.3. The van der Waals surface area contributed by atoms with Crippen molar-refractivity contribution in [2.45, 2.75) is 26.3 Å². The molecule has 0 spiro atoms. The van der Waals surface area contributed by atoms with Crippen LogP contribution in [0.4, 0.5) is 5.82 Å². The zero-order valence-corrected chi connectivity index (χ0v) is 9.69. The minimum atomic E-state index is -0.146. The highest BCUT2D eigenvalue weighted by Crippen LogP contribution is 2.28. The van der Waals surface area contributed by atoms with Gasteiger partial charge in [-0.05, 0) is 24.5 Å². The molecule has 0 aromatic carbocycles. The molecule has 1 aromatic heterocycles.